The van der Waals surface area contributed by atoms with Crippen LogP contribution in [0.5, 0.6) is 34.5 Å². The maximum atomic E-state index is 14.4. The van der Waals surface area contributed by atoms with Crippen LogP contribution in [0.2, 0.25) is 0 Å². The largest absolute Gasteiger partial charge is 0.867 e. The lowest BCUT2D eigenvalue weighted by Gasteiger charge is -2.19. The van der Waals surface area contributed by atoms with Crippen molar-refractivity contribution in [1.82, 2.24) is 0 Å². The molecule has 0 saturated carbocycles. The van der Waals surface area contributed by atoms with Crippen LogP contribution in [0, 0.1) is 16.2 Å². The Hall–Kier alpha value is -8.88. The Morgan fingerprint density at radius 1 is 0.415 bits per heavy atom. The van der Waals surface area contributed by atoms with Crippen molar-refractivity contribution < 1.29 is 57.9 Å². The number of nitrogens with zero attached hydrogens (tertiary/aromatic N) is 6. The summed E-state index contributed by atoms with van der Waals surface area (Å²) in [6.07, 6.45) is 0. The van der Waals surface area contributed by atoms with Gasteiger partial charge in [-0.05, 0) is 33.4 Å². The van der Waals surface area contributed by atoms with E-state index in [9.17, 15) is 61.5 Å². The average Bonchev–Trinajstić information content (AvgIpc) is 3.30. The van der Waals surface area contributed by atoms with Crippen LogP contribution in [0.4, 0.5) is 17.1 Å². The van der Waals surface area contributed by atoms with Gasteiger partial charge in [-0.1, -0.05) is 103 Å². The molecule has 19 nitrogen and oxygen atoms in total. The second-order valence-corrected chi connectivity index (χ2v) is 18.3. The van der Waals surface area contributed by atoms with Crippen LogP contribution >= 0.6 is 0 Å². The van der Waals surface area contributed by atoms with Crippen molar-refractivity contribution in [3.05, 3.63) is 160 Å². The lowest BCUT2D eigenvalue weighted by atomic mass is 10.0. The Kier molecular flexibility index (Phi) is 10.6. The van der Waals surface area contributed by atoms with Crippen molar-refractivity contribution in [1.29, 1.82) is 16.2 Å². The van der Waals surface area contributed by atoms with E-state index < -0.39 is 108 Å². The highest BCUT2D eigenvalue weighted by Gasteiger charge is 2.34. The van der Waals surface area contributed by atoms with E-state index in [2.05, 4.69) is 14.9 Å². The number of diazo groups is 3. The van der Waals surface area contributed by atoms with Crippen molar-refractivity contribution in [2.24, 2.45) is 0 Å². The molecule has 0 aliphatic carbocycles. The van der Waals surface area contributed by atoms with Gasteiger partial charge in [0, 0.05) is 33.9 Å². The zero-order valence-corrected chi connectivity index (χ0v) is 34.9. The summed E-state index contributed by atoms with van der Waals surface area (Å²) in [6.45, 7) is 0. The maximum absolute atomic E-state index is 14.4. The van der Waals surface area contributed by atoms with E-state index in [0.717, 1.165) is 0 Å². The standard InChI is InChI=1S/C43H22N6O13S3/c44-47-31-19-37(24-12-4-7-15-27(24)41(31)51)63(54,55)60-34-22-36(62-65(58,59)39-21-33(49-46)43(53)29-17-9-6-14-26(29)39)35(18-30(34)40(50)23-10-2-1-3-11-23)61-64(56,57)38-20-32(48-45)42(52)28-16-8-5-13-25(28)38/h1-22H. The van der Waals surface area contributed by atoms with E-state index in [1.807, 2.05) is 0 Å². The Labute approximate surface area is 366 Å². The van der Waals surface area contributed by atoms with Gasteiger partial charge >= 0.3 is 47.4 Å². The molecule has 0 amide bonds. The van der Waals surface area contributed by atoms with Crippen molar-refractivity contribution in [3.63, 3.8) is 0 Å². The lowest BCUT2D eigenvalue weighted by Crippen LogP contribution is -2.17. The molecule has 0 saturated heterocycles. The van der Waals surface area contributed by atoms with Crippen molar-refractivity contribution >= 4 is 85.5 Å². The predicted octanol–water partition coefficient (Wildman–Crippen LogP) is 7.35. The third-order valence-corrected chi connectivity index (χ3v) is 13.7. The number of carbonyl (C=O) groups is 1. The summed E-state index contributed by atoms with van der Waals surface area (Å²) in [5.74, 6) is -6.94. The number of carbonyl (C=O) groups excluding carboxylic acids is 1. The molecule has 0 unspecified atom stereocenters. The molecule has 320 valence electrons. The molecule has 0 radical (unpaired) electrons. The first-order valence-corrected chi connectivity index (χ1v) is 22.6. The van der Waals surface area contributed by atoms with Crippen LogP contribution in [-0.2, 0) is 30.4 Å². The molecule has 0 fully saturated rings. The van der Waals surface area contributed by atoms with E-state index in [4.69, 9.17) is 12.5 Å². The van der Waals surface area contributed by atoms with Crippen LogP contribution in [0.25, 0.3) is 47.2 Å². The number of ketones is 1. The molecule has 65 heavy (non-hydrogen) atoms. The second kappa shape index (κ2) is 16.1. The summed E-state index contributed by atoms with van der Waals surface area (Å²) in [7, 11) is -16.0. The van der Waals surface area contributed by atoms with Gasteiger partial charge in [0.15, 0.2) is 38.0 Å². The maximum Gasteiger partial charge on any atom is 0.379 e. The highest BCUT2D eigenvalue weighted by atomic mass is 32.2. The molecule has 0 aromatic heterocycles. The molecule has 8 aromatic carbocycles. The molecule has 8 rings (SSSR count). The quantitative estimate of drug-likeness (QED) is 0.0695. The molecule has 0 N–H and O–H groups in total. The lowest BCUT2D eigenvalue weighted by molar-refractivity contribution is -0.265. The van der Waals surface area contributed by atoms with Crippen LogP contribution < -0.4 is 27.9 Å². The zero-order valence-electron chi connectivity index (χ0n) is 32.4. The third kappa shape index (κ3) is 7.59. The fourth-order valence-corrected chi connectivity index (χ4v) is 10.4. The second-order valence-electron chi connectivity index (χ2n) is 13.7. The van der Waals surface area contributed by atoms with Crippen molar-refractivity contribution in [2.45, 2.75) is 14.7 Å². The first-order chi connectivity index (χ1) is 31.0. The van der Waals surface area contributed by atoms with E-state index >= 15 is 0 Å². The van der Waals surface area contributed by atoms with Gasteiger partial charge < -0.3 is 27.9 Å². The molecule has 0 aliphatic rings. The summed E-state index contributed by atoms with van der Waals surface area (Å²) in [4.78, 5) is 20.6. The smallest absolute Gasteiger partial charge is 0.379 e. The molecule has 0 atom stereocenters. The SMILES string of the molecule is N#[N+]c1cc(S(=O)(=O)Oc2cc(OS(=O)(=O)c3cc([N+]#N)c([O-])c4ccccc34)c(C(=O)c3ccccc3)cc2OS(=O)(=O)c2cc([N+]#N)c([O-])c3ccccc23)c2ccccc2c1[O-]. The van der Waals surface area contributed by atoms with Gasteiger partial charge in [0.1, 0.15) is 14.7 Å². The van der Waals surface area contributed by atoms with Gasteiger partial charge in [0.25, 0.3) is 0 Å². The molecule has 0 heterocycles. The Morgan fingerprint density at radius 2 is 0.723 bits per heavy atom. The normalized spacial score (nSPS) is 11.6. The first-order valence-electron chi connectivity index (χ1n) is 18.3. The van der Waals surface area contributed by atoms with Crippen LogP contribution in [-0.4, -0.2) is 31.0 Å². The van der Waals surface area contributed by atoms with E-state index in [1.165, 1.54) is 97.1 Å². The fraction of sp³-hybridized carbons (Fsp3) is 0. The number of benzene rings is 8. The van der Waals surface area contributed by atoms with Gasteiger partial charge in [0.05, 0.1) is 23.8 Å². The van der Waals surface area contributed by atoms with Gasteiger partial charge in [-0.15, -0.1) is 0 Å². The van der Waals surface area contributed by atoms with Crippen LogP contribution in [0.1, 0.15) is 15.9 Å². The minimum atomic E-state index is -5.36. The summed E-state index contributed by atoms with van der Waals surface area (Å²) in [5.41, 5.74) is -3.14. The van der Waals surface area contributed by atoms with Crippen molar-refractivity contribution in [3.8, 4) is 34.5 Å². The minimum absolute atomic E-state index is 0.136. The molecule has 8 aromatic rings. The van der Waals surface area contributed by atoms with E-state index in [1.54, 1.807) is 6.07 Å². The fourth-order valence-electron chi connectivity index (χ4n) is 6.90. The first kappa shape index (κ1) is 42.8. The summed E-state index contributed by atoms with van der Waals surface area (Å²) >= 11 is 0. The number of rotatable bonds is 11. The van der Waals surface area contributed by atoms with Gasteiger partial charge in [0.2, 0.25) is 16.2 Å². The van der Waals surface area contributed by atoms with E-state index in [0.29, 0.717) is 30.3 Å². The van der Waals surface area contributed by atoms with Gasteiger partial charge in [-0.25, -0.2) is 0 Å². The predicted molar refractivity (Wildman–Crippen MR) is 224 cm³/mol. The Bertz CT molecular complexity index is 3850. The minimum Gasteiger partial charge on any atom is -0.867 e. The summed E-state index contributed by atoms with van der Waals surface area (Å²) < 4.78 is 103. The highest BCUT2D eigenvalue weighted by molar-refractivity contribution is 7.88. The number of hydrogen-bond donors (Lipinski definition) is 0. The Balaban J connectivity index is 1.39. The number of hydrogen-bond acceptors (Lipinski definition) is 16. The molecule has 0 spiro atoms. The van der Waals surface area contributed by atoms with E-state index in [-0.39, 0.29) is 37.9 Å². The molecular formula is C43H22N6O13S3. The molecule has 0 aliphatic heterocycles. The molecular weight excluding hydrogens is 905 g/mol. The third-order valence-electron chi connectivity index (χ3n) is 9.87. The zero-order chi connectivity index (χ0) is 46.4. The van der Waals surface area contributed by atoms with Crippen LogP contribution in [0.3, 0.4) is 0 Å². The monoisotopic (exact) mass is 926 g/mol. The molecule has 0 bridgehead atoms. The van der Waals surface area contributed by atoms with Gasteiger partial charge in [-0.3, -0.25) is 4.79 Å². The van der Waals surface area contributed by atoms with Gasteiger partial charge in [-0.2, -0.15) is 25.3 Å². The topological polar surface area (TPSA) is 301 Å². The molecule has 22 heteroatoms. The summed E-state index contributed by atoms with van der Waals surface area (Å²) in [5, 5.41) is 66.3. The Morgan fingerprint density at radius 3 is 1.08 bits per heavy atom. The number of fused-ring (bicyclic) bond motifs is 3. The highest BCUT2D eigenvalue weighted by Crippen LogP contribution is 2.45. The average molecular weight is 927 g/mol. The van der Waals surface area contributed by atoms with Crippen molar-refractivity contribution in [2.75, 3.05) is 0 Å². The van der Waals surface area contributed by atoms with Crippen LogP contribution in [0.15, 0.2) is 148 Å². The summed E-state index contributed by atoms with van der Waals surface area (Å²) in [6, 6.07) is 25.8.